The number of hydrogen-bond acceptors (Lipinski definition) is 3. The molecular weight excluding hydrogens is 310 g/mol. The summed E-state index contributed by atoms with van der Waals surface area (Å²) in [5.74, 6) is 0.452. The predicted molar refractivity (Wildman–Crippen MR) is 104 cm³/mol. The molecule has 0 saturated carbocycles. The van der Waals surface area contributed by atoms with Crippen molar-refractivity contribution in [2.45, 2.75) is 19.9 Å². The van der Waals surface area contributed by atoms with Crippen LogP contribution in [0.2, 0.25) is 0 Å². The van der Waals surface area contributed by atoms with Crippen LogP contribution in [0.3, 0.4) is 0 Å². The Labute approximate surface area is 148 Å². The van der Waals surface area contributed by atoms with Crippen molar-refractivity contribution in [2.75, 3.05) is 6.61 Å². The highest BCUT2D eigenvalue weighted by Gasteiger charge is 2.12. The number of aliphatic imine (C=N–C) groups is 1. The minimum absolute atomic E-state index is 0.00204. The molecule has 0 aliphatic rings. The van der Waals surface area contributed by atoms with Gasteiger partial charge < -0.3 is 10.2 Å². The molecule has 0 spiro atoms. The number of phenolic OH excluding ortho intramolecular Hbond substituents is 1. The Kier molecular flexibility index (Phi) is 5.15. The van der Waals surface area contributed by atoms with Crippen LogP contribution in [0.1, 0.15) is 19.4 Å². The highest BCUT2D eigenvalue weighted by molar-refractivity contribution is 5.99. The number of rotatable bonds is 5. The quantitative estimate of drug-likeness (QED) is 0.668. The number of aliphatic hydroxyl groups excluding tert-OH is 1. The number of para-hydroxylation sites is 1. The van der Waals surface area contributed by atoms with Crippen LogP contribution in [0.4, 0.5) is 0 Å². The van der Waals surface area contributed by atoms with Crippen molar-refractivity contribution in [3.63, 3.8) is 0 Å². The van der Waals surface area contributed by atoms with Gasteiger partial charge in [0.25, 0.3) is 0 Å². The van der Waals surface area contributed by atoms with Crippen LogP contribution in [0.5, 0.6) is 5.75 Å². The van der Waals surface area contributed by atoms with Crippen LogP contribution >= 0.6 is 0 Å². The van der Waals surface area contributed by atoms with Gasteiger partial charge in [-0.3, -0.25) is 4.99 Å². The van der Waals surface area contributed by atoms with Crippen molar-refractivity contribution in [1.82, 2.24) is 0 Å². The highest BCUT2D eigenvalue weighted by atomic mass is 16.3. The first-order valence-corrected chi connectivity index (χ1v) is 8.56. The van der Waals surface area contributed by atoms with Crippen LogP contribution in [-0.2, 0) is 0 Å². The number of aliphatic hydroxyl groups is 1. The molecule has 3 rings (SSSR count). The third-order valence-corrected chi connectivity index (χ3v) is 4.51. The fourth-order valence-electron chi connectivity index (χ4n) is 2.95. The summed E-state index contributed by atoms with van der Waals surface area (Å²) in [5, 5.41) is 22.4. The van der Waals surface area contributed by atoms with Gasteiger partial charge in [0.15, 0.2) is 0 Å². The van der Waals surface area contributed by atoms with Crippen molar-refractivity contribution in [2.24, 2.45) is 10.9 Å². The van der Waals surface area contributed by atoms with Gasteiger partial charge in [-0.2, -0.15) is 0 Å². The molecule has 2 N–H and O–H groups in total. The molecule has 0 aliphatic heterocycles. The van der Waals surface area contributed by atoms with Gasteiger partial charge in [0.2, 0.25) is 0 Å². The van der Waals surface area contributed by atoms with Gasteiger partial charge in [-0.25, -0.2) is 0 Å². The first-order chi connectivity index (χ1) is 12.1. The molecule has 3 heteroatoms. The zero-order valence-electron chi connectivity index (χ0n) is 14.6. The summed E-state index contributed by atoms with van der Waals surface area (Å²) in [7, 11) is 0. The molecule has 3 aromatic rings. The molecule has 128 valence electrons. The van der Waals surface area contributed by atoms with Crippen LogP contribution in [-0.4, -0.2) is 29.1 Å². The Hall–Kier alpha value is -2.65. The lowest BCUT2D eigenvalue weighted by Gasteiger charge is -2.13. The van der Waals surface area contributed by atoms with Gasteiger partial charge in [-0.05, 0) is 28.3 Å². The Morgan fingerprint density at radius 3 is 2.36 bits per heavy atom. The normalized spacial score (nSPS) is 13.0. The number of fused-ring (bicyclic) bond motifs is 1. The van der Waals surface area contributed by atoms with E-state index in [9.17, 15) is 10.2 Å². The van der Waals surface area contributed by atoms with Crippen LogP contribution in [0.25, 0.3) is 21.9 Å². The topological polar surface area (TPSA) is 52.8 Å². The molecule has 0 fully saturated rings. The lowest BCUT2D eigenvalue weighted by Crippen LogP contribution is -2.17. The van der Waals surface area contributed by atoms with Crippen molar-refractivity contribution in [3.05, 3.63) is 66.2 Å². The third kappa shape index (κ3) is 3.57. The number of nitrogens with zero attached hydrogens (tertiary/aromatic N) is 1. The Balaban J connectivity index is 2.06. The van der Waals surface area contributed by atoms with E-state index in [0.29, 0.717) is 5.56 Å². The standard InChI is InChI=1S/C22H23NO2/c1-15(2)21(14-24)23-13-17-9-6-12-20(22(17)25)19-11-5-8-16-7-3-4-10-18(16)19/h3-13,15,21,24-25H,14H2,1-2H3/t21-/m1/s1. The van der Waals surface area contributed by atoms with E-state index in [1.165, 1.54) is 0 Å². The SMILES string of the molecule is CC(C)[C@@H](CO)N=Cc1cccc(-c2cccc3ccccc23)c1O. The molecule has 0 saturated heterocycles. The minimum atomic E-state index is -0.166. The summed E-state index contributed by atoms with van der Waals surface area (Å²) in [6.45, 7) is 4.03. The maximum Gasteiger partial charge on any atom is 0.132 e. The predicted octanol–water partition coefficient (Wildman–Crippen LogP) is 4.65. The van der Waals surface area contributed by atoms with Crippen LogP contribution < -0.4 is 0 Å². The number of benzene rings is 3. The molecule has 0 aromatic heterocycles. The molecule has 1 atom stereocenters. The third-order valence-electron chi connectivity index (χ3n) is 4.51. The van der Waals surface area contributed by atoms with Gasteiger partial charge in [0.1, 0.15) is 5.75 Å². The zero-order chi connectivity index (χ0) is 17.8. The molecule has 3 aromatic carbocycles. The van der Waals surface area contributed by atoms with E-state index in [1.807, 2.05) is 56.3 Å². The van der Waals surface area contributed by atoms with Crippen molar-refractivity contribution >= 4 is 17.0 Å². The molecule has 0 heterocycles. The fourth-order valence-corrected chi connectivity index (χ4v) is 2.95. The average molecular weight is 333 g/mol. The van der Waals surface area contributed by atoms with E-state index < -0.39 is 0 Å². The Bertz CT molecular complexity index is 894. The summed E-state index contributed by atoms with van der Waals surface area (Å²) in [6.07, 6.45) is 1.66. The molecule has 0 bridgehead atoms. The maximum absolute atomic E-state index is 10.8. The first kappa shape index (κ1) is 17.2. The van der Waals surface area contributed by atoms with Crippen LogP contribution in [0, 0.1) is 5.92 Å². The largest absolute Gasteiger partial charge is 0.507 e. The molecule has 0 unspecified atom stereocenters. The zero-order valence-corrected chi connectivity index (χ0v) is 14.6. The van der Waals surface area contributed by atoms with E-state index in [0.717, 1.165) is 21.9 Å². The molecule has 0 aliphatic carbocycles. The van der Waals surface area contributed by atoms with Gasteiger partial charge in [-0.15, -0.1) is 0 Å². The summed E-state index contributed by atoms with van der Waals surface area (Å²) in [6, 6.07) is 19.7. The highest BCUT2D eigenvalue weighted by Crippen LogP contribution is 2.35. The van der Waals surface area contributed by atoms with Crippen molar-refractivity contribution in [1.29, 1.82) is 0 Å². The second-order valence-electron chi connectivity index (χ2n) is 6.54. The molecule has 0 amide bonds. The second-order valence-corrected chi connectivity index (χ2v) is 6.54. The summed E-state index contributed by atoms with van der Waals surface area (Å²) < 4.78 is 0. The van der Waals surface area contributed by atoms with Crippen molar-refractivity contribution < 1.29 is 10.2 Å². The molecule has 0 radical (unpaired) electrons. The van der Waals surface area contributed by atoms with Gasteiger partial charge in [-0.1, -0.05) is 68.4 Å². The summed E-state index contributed by atoms with van der Waals surface area (Å²) in [5.41, 5.74) is 2.43. The van der Waals surface area contributed by atoms with E-state index in [2.05, 4.69) is 23.2 Å². The molecule has 3 nitrogen and oxygen atoms in total. The summed E-state index contributed by atoms with van der Waals surface area (Å²) >= 11 is 0. The smallest absolute Gasteiger partial charge is 0.132 e. The summed E-state index contributed by atoms with van der Waals surface area (Å²) in [4.78, 5) is 4.43. The van der Waals surface area contributed by atoms with Crippen LogP contribution in [0.15, 0.2) is 65.7 Å². The number of hydrogen-bond donors (Lipinski definition) is 2. The molecule has 25 heavy (non-hydrogen) atoms. The second kappa shape index (κ2) is 7.49. The Morgan fingerprint density at radius 2 is 1.60 bits per heavy atom. The van der Waals surface area contributed by atoms with E-state index in [1.54, 1.807) is 6.21 Å². The first-order valence-electron chi connectivity index (χ1n) is 8.56. The van der Waals surface area contributed by atoms with Gasteiger partial charge >= 0.3 is 0 Å². The number of aromatic hydroxyl groups is 1. The van der Waals surface area contributed by atoms with E-state index in [4.69, 9.17) is 0 Å². The van der Waals surface area contributed by atoms with Gasteiger partial charge in [0, 0.05) is 17.3 Å². The fraction of sp³-hybridized carbons (Fsp3) is 0.227. The average Bonchev–Trinajstić information content (AvgIpc) is 2.63. The lowest BCUT2D eigenvalue weighted by molar-refractivity contribution is 0.240. The monoisotopic (exact) mass is 333 g/mol. The van der Waals surface area contributed by atoms with Gasteiger partial charge in [0.05, 0.1) is 12.6 Å². The van der Waals surface area contributed by atoms with E-state index in [-0.39, 0.29) is 24.3 Å². The number of phenols is 1. The minimum Gasteiger partial charge on any atom is -0.507 e. The molecular formula is C22H23NO2. The maximum atomic E-state index is 10.8. The van der Waals surface area contributed by atoms with E-state index >= 15 is 0 Å². The lowest BCUT2D eigenvalue weighted by atomic mass is 9.96. The van der Waals surface area contributed by atoms with Crippen molar-refractivity contribution in [3.8, 4) is 16.9 Å². The Morgan fingerprint density at radius 1 is 0.920 bits per heavy atom.